The average molecular weight is 1000 g/mol. The molecule has 0 unspecified atom stereocenters. The molecule has 386 valence electrons. The first-order chi connectivity index (χ1) is 33.4. The lowest BCUT2D eigenvalue weighted by molar-refractivity contribution is -0.359. The molecule has 2 aromatic carbocycles. The lowest BCUT2D eigenvalue weighted by atomic mass is 9.96. The number of ether oxygens (including phenoxy) is 14. The Bertz CT molecular complexity index is 2360. The number of hydrogen-bond donors (Lipinski definition) is 0. The summed E-state index contributed by atoms with van der Waals surface area (Å²) in [7, 11) is 0. The fraction of sp³-hybridized carbons (Fsp3) is 0.489. The molecule has 0 amide bonds. The molecule has 10 atom stereocenters. The summed E-state index contributed by atoms with van der Waals surface area (Å²) in [6.07, 6.45) is -13.9. The van der Waals surface area contributed by atoms with Gasteiger partial charge in [0.15, 0.2) is 66.1 Å². The maximum absolute atomic E-state index is 13.9. The van der Waals surface area contributed by atoms with E-state index in [1.54, 1.807) is 6.07 Å². The molecule has 0 aliphatic carbocycles. The van der Waals surface area contributed by atoms with Gasteiger partial charge in [-0.25, -0.2) is 4.79 Å². The van der Waals surface area contributed by atoms with Gasteiger partial charge in [0.2, 0.25) is 0 Å². The predicted molar refractivity (Wildman–Crippen MR) is 233 cm³/mol. The number of carbonyl (C=O) groups is 10. The maximum atomic E-state index is 13.9. The van der Waals surface area contributed by atoms with Crippen molar-refractivity contribution in [3.8, 4) is 23.0 Å². The minimum atomic E-state index is -1.82. The van der Waals surface area contributed by atoms with Gasteiger partial charge in [-0.2, -0.15) is 0 Å². The lowest BCUT2D eigenvalue weighted by Crippen LogP contribution is -2.66. The van der Waals surface area contributed by atoms with Gasteiger partial charge in [0.05, 0.1) is 12.7 Å². The molecule has 2 saturated heterocycles. The second-order valence-corrected chi connectivity index (χ2v) is 15.7. The normalized spacial score (nSPS) is 23.7. The smallest absolute Gasteiger partial charge is 0.331 e. The van der Waals surface area contributed by atoms with Crippen LogP contribution in [-0.2, 0) is 102 Å². The van der Waals surface area contributed by atoms with Gasteiger partial charge >= 0.3 is 59.7 Å². The van der Waals surface area contributed by atoms with Gasteiger partial charge in [-0.05, 0) is 54.8 Å². The minimum Gasteiger partial charge on any atom is -0.463 e. The van der Waals surface area contributed by atoms with Crippen LogP contribution in [0.2, 0.25) is 0 Å². The molecular weight excluding hydrogens is 948 g/mol. The van der Waals surface area contributed by atoms with Crippen molar-refractivity contribution in [2.45, 2.75) is 137 Å². The van der Waals surface area contributed by atoms with Crippen molar-refractivity contribution in [3.63, 3.8) is 0 Å². The molecule has 24 heteroatoms. The molecule has 2 fully saturated rings. The number of esters is 10. The van der Waals surface area contributed by atoms with Crippen LogP contribution in [0.1, 0.15) is 80.4 Å². The zero-order valence-corrected chi connectivity index (χ0v) is 40.3. The summed E-state index contributed by atoms with van der Waals surface area (Å²) in [6.45, 7) is 10.3. The van der Waals surface area contributed by atoms with Gasteiger partial charge < -0.3 is 66.3 Å². The summed E-state index contributed by atoms with van der Waals surface area (Å²) in [4.78, 5) is 124. The largest absolute Gasteiger partial charge is 0.463 e. The highest BCUT2D eigenvalue weighted by Gasteiger charge is 2.57. The highest BCUT2D eigenvalue weighted by Crippen LogP contribution is 2.36. The van der Waals surface area contributed by atoms with E-state index in [1.165, 1.54) is 43.3 Å². The highest BCUT2D eigenvalue weighted by molar-refractivity contribution is 5.87. The van der Waals surface area contributed by atoms with Crippen molar-refractivity contribution in [1.29, 1.82) is 0 Å². The lowest BCUT2D eigenvalue weighted by Gasteiger charge is -2.48. The molecule has 4 rings (SSSR count). The van der Waals surface area contributed by atoms with Crippen LogP contribution in [0, 0.1) is 0 Å². The molecule has 0 bridgehead atoms. The second-order valence-electron chi connectivity index (χ2n) is 15.7. The van der Waals surface area contributed by atoms with Crippen LogP contribution in [0.15, 0.2) is 42.5 Å². The van der Waals surface area contributed by atoms with Crippen molar-refractivity contribution in [1.82, 2.24) is 0 Å². The van der Waals surface area contributed by atoms with Gasteiger partial charge in [-0.3, -0.25) is 43.2 Å². The van der Waals surface area contributed by atoms with Crippen LogP contribution in [0.5, 0.6) is 23.0 Å². The molecule has 2 heterocycles. The van der Waals surface area contributed by atoms with Crippen LogP contribution in [0.25, 0.3) is 6.08 Å². The first-order valence-electron chi connectivity index (χ1n) is 21.7. The predicted octanol–water partition coefficient (Wildman–Crippen LogP) is 2.72. The molecule has 71 heavy (non-hydrogen) atoms. The highest BCUT2D eigenvalue weighted by atomic mass is 16.8. The van der Waals surface area contributed by atoms with Gasteiger partial charge in [0.1, 0.15) is 18.8 Å². The van der Waals surface area contributed by atoms with E-state index in [4.69, 9.17) is 66.3 Å². The van der Waals surface area contributed by atoms with Crippen LogP contribution in [0.3, 0.4) is 0 Å². The van der Waals surface area contributed by atoms with Gasteiger partial charge in [0.25, 0.3) is 0 Å². The average Bonchev–Trinajstić information content (AvgIpc) is 3.24. The molecule has 2 aliphatic heterocycles. The van der Waals surface area contributed by atoms with E-state index < -0.39 is 128 Å². The molecule has 0 saturated carbocycles. The van der Waals surface area contributed by atoms with Crippen LogP contribution < -0.4 is 18.9 Å². The van der Waals surface area contributed by atoms with E-state index in [9.17, 15) is 47.9 Å². The molecular formula is C47H54O24. The standard InChI is InChI=1S/C47H54O24/c1-22-40(65-28(7)53)42(66-29(8)54)45(68-31(10)56)47(60-22)71-43-41(70-39(57)16-13-32-11-14-34(61-24(3)49)36(19-32)63-26(5)51)38(21-59-23(2)48)69-46(44(43)67-30(9)55)58-18-17-33-12-15-35(62-25(4)50)37(20-33)64-27(6)52/h11-16,19-20,22,38,40-47H,17-18,21H2,1-10H3/b16-13+/t22-,38+,40-,41+,42+,43-,44+,45+,46+,47-/m0/s1. The Morgan fingerprint density at radius 1 is 0.493 bits per heavy atom. The van der Waals surface area contributed by atoms with Gasteiger partial charge in [0, 0.05) is 68.4 Å². The summed E-state index contributed by atoms with van der Waals surface area (Å²) >= 11 is 0. The Hall–Kier alpha value is -7.28. The van der Waals surface area contributed by atoms with Crippen LogP contribution in [-0.4, -0.2) is 134 Å². The summed E-state index contributed by atoms with van der Waals surface area (Å²) in [5.74, 6) is -8.76. The van der Waals surface area contributed by atoms with E-state index in [0.717, 1.165) is 68.4 Å². The molecule has 24 nitrogen and oxygen atoms in total. The van der Waals surface area contributed by atoms with E-state index in [2.05, 4.69) is 0 Å². The Balaban J connectivity index is 1.82. The number of benzene rings is 2. The molecule has 2 aliphatic rings. The van der Waals surface area contributed by atoms with E-state index in [0.29, 0.717) is 5.56 Å². The fourth-order valence-electron chi connectivity index (χ4n) is 7.11. The molecule has 0 N–H and O–H groups in total. The topological polar surface area (TPSA) is 300 Å². The third-order valence-corrected chi connectivity index (χ3v) is 9.60. The van der Waals surface area contributed by atoms with E-state index in [-0.39, 0.29) is 41.6 Å². The molecule has 0 radical (unpaired) electrons. The Labute approximate surface area is 406 Å². The van der Waals surface area contributed by atoms with Crippen molar-refractivity contribution in [2.75, 3.05) is 13.2 Å². The summed E-state index contributed by atoms with van der Waals surface area (Å²) in [5, 5.41) is 0. The zero-order chi connectivity index (χ0) is 52.7. The van der Waals surface area contributed by atoms with E-state index in [1.807, 2.05) is 0 Å². The number of hydrogen-bond acceptors (Lipinski definition) is 24. The molecule has 0 spiro atoms. The Morgan fingerprint density at radius 3 is 1.52 bits per heavy atom. The fourth-order valence-corrected chi connectivity index (χ4v) is 7.11. The first kappa shape index (κ1) is 56.3. The second kappa shape index (κ2) is 26.1. The maximum Gasteiger partial charge on any atom is 0.331 e. The third-order valence-electron chi connectivity index (χ3n) is 9.60. The monoisotopic (exact) mass is 1000 g/mol. The minimum absolute atomic E-state index is 0.0328. The molecule has 0 aromatic heterocycles. The van der Waals surface area contributed by atoms with Crippen LogP contribution in [0.4, 0.5) is 0 Å². The Kier molecular flexibility index (Phi) is 20.7. The van der Waals surface area contributed by atoms with Gasteiger partial charge in [-0.1, -0.05) is 12.1 Å². The van der Waals surface area contributed by atoms with Crippen molar-refractivity contribution < 1.29 is 114 Å². The third kappa shape index (κ3) is 17.6. The van der Waals surface area contributed by atoms with Crippen molar-refractivity contribution in [3.05, 3.63) is 53.6 Å². The van der Waals surface area contributed by atoms with Crippen molar-refractivity contribution >= 4 is 65.8 Å². The summed E-state index contributed by atoms with van der Waals surface area (Å²) in [5.41, 5.74) is 0.715. The first-order valence-corrected chi connectivity index (χ1v) is 21.7. The number of carbonyl (C=O) groups excluding carboxylic acids is 10. The summed E-state index contributed by atoms with van der Waals surface area (Å²) < 4.78 is 79.3. The quantitative estimate of drug-likeness (QED) is 0.0845. The Morgan fingerprint density at radius 2 is 0.986 bits per heavy atom. The van der Waals surface area contributed by atoms with Gasteiger partial charge in [-0.15, -0.1) is 0 Å². The number of rotatable bonds is 19. The van der Waals surface area contributed by atoms with Crippen molar-refractivity contribution in [2.24, 2.45) is 0 Å². The SMILES string of the molecule is CC(=O)OC[C@H]1O[C@@H](OCCc2ccc(OC(C)=O)c(OC(C)=O)c2)[C@H](OC(C)=O)[C@@H](O[C@@H]2O[C@@H](C)[C@H](OC(C)=O)[C@@H](OC(C)=O)[C@H]2OC(C)=O)[C@@H]1OC(=O)/C=C/c1ccc(OC(C)=O)c(OC(C)=O)c1. The van der Waals surface area contributed by atoms with E-state index >= 15 is 0 Å². The summed E-state index contributed by atoms with van der Waals surface area (Å²) in [6, 6.07) is 8.35. The molecule has 2 aromatic rings. The zero-order valence-electron chi connectivity index (χ0n) is 40.3. The van der Waals surface area contributed by atoms with Crippen LogP contribution >= 0.6 is 0 Å².